The molecule has 0 spiro atoms. The van der Waals surface area contributed by atoms with Gasteiger partial charge < -0.3 is 24.2 Å². The lowest BCUT2D eigenvalue weighted by atomic mass is 10.5. The van der Waals surface area contributed by atoms with Gasteiger partial charge >= 0.3 is 20.7 Å². The van der Waals surface area contributed by atoms with E-state index in [4.69, 9.17) is 19.5 Å². The third-order valence-corrected chi connectivity index (χ3v) is 2.41. The summed E-state index contributed by atoms with van der Waals surface area (Å²) < 4.78 is 4.29. The molecule has 1 atom stereocenters. The molecule has 14 heavy (non-hydrogen) atoms. The largest absolute Gasteiger partial charge is 0.535 e. The Bertz CT molecular complexity index is 253. The first-order valence-corrected chi connectivity index (χ1v) is 5.44. The average Bonchev–Trinajstić information content (AvgIpc) is 1.99. The predicted molar refractivity (Wildman–Crippen MR) is 44.7 cm³/mol. The van der Waals surface area contributed by atoms with E-state index in [2.05, 4.69) is 4.74 Å². The van der Waals surface area contributed by atoms with Gasteiger partial charge in [0.2, 0.25) is 0 Å². The third kappa shape index (κ3) is 5.43. The van der Waals surface area contributed by atoms with Crippen LogP contribution in [-0.4, -0.2) is 46.0 Å². The maximum Gasteiger partial charge on any atom is 0.535 e. The van der Waals surface area contributed by atoms with Gasteiger partial charge in [0.15, 0.2) is 5.73 Å². The lowest BCUT2D eigenvalue weighted by Crippen LogP contribution is -2.49. The Hall–Kier alpha value is -1.22. The van der Waals surface area contributed by atoms with Gasteiger partial charge in [0.1, 0.15) is 0 Å². The number of esters is 1. The van der Waals surface area contributed by atoms with Crippen molar-refractivity contribution in [3.63, 3.8) is 0 Å². The number of carboxylic acid groups (broad SMARTS) is 1. The first kappa shape index (κ1) is 12.8. The van der Waals surface area contributed by atoms with Crippen molar-refractivity contribution in [2.45, 2.75) is 12.7 Å². The highest BCUT2D eigenvalue weighted by Crippen LogP contribution is 2.01. The SMILES string of the molecule is CC(OC(=O)C=CC(=O)O)[Si](O)(O)O. The first-order valence-electron chi connectivity index (χ1n) is 3.52. The van der Waals surface area contributed by atoms with E-state index in [9.17, 15) is 9.59 Å². The van der Waals surface area contributed by atoms with E-state index in [1.807, 2.05) is 0 Å². The fraction of sp³-hybridized carbons (Fsp3) is 0.333. The average molecular weight is 222 g/mol. The summed E-state index contributed by atoms with van der Waals surface area (Å²) in [4.78, 5) is 46.6. The fourth-order valence-electron chi connectivity index (χ4n) is 0.432. The summed E-state index contributed by atoms with van der Waals surface area (Å²) in [6.07, 6.45) is 1.13. The molecule has 0 radical (unpaired) electrons. The van der Waals surface area contributed by atoms with E-state index in [0.717, 1.165) is 6.92 Å². The van der Waals surface area contributed by atoms with E-state index in [1.165, 1.54) is 0 Å². The molecule has 0 rings (SSSR count). The van der Waals surface area contributed by atoms with Crippen LogP contribution >= 0.6 is 0 Å². The smallest absolute Gasteiger partial charge is 0.478 e. The summed E-state index contributed by atoms with van der Waals surface area (Å²) in [5, 5.41) is 8.12. The second kappa shape index (κ2) is 4.86. The zero-order valence-corrected chi connectivity index (χ0v) is 8.25. The Kier molecular flexibility index (Phi) is 4.43. The number of carboxylic acids is 1. The summed E-state index contributed by atoms with van der Waals surface area (Å²) in [6.45, 7) is 1.08. The number of ether oxygens (including phenoxy) is 1. The molecule has 8 heteroatoms. The number of carbonyl (C=O) groups excluding carboxylic acids is 1. The summed E-state index contributed by atoms with van der Waals surface area (Å²) in [7, 11) is -4.50. The predicted octanol–water partition coefficient (Wildman–Crippen LogP) is -1.99. The van der Waals surface area contributed by atoms with Crippen molar-refractivity contribution in [3.05, 3.63) is 12.2 Å². The van der Waals surface area contributed by atoms with Crippen LogP contribution < -0.4 is 0 Å². The monoisotopic (exact) mass is 222 g/mol. The summed E-state index contributed by atoms with van der Waals surface area (Å²) in [6, 6.07) is 0. The summed E-state index contributed by atoms with van der Waals surface area (Å²) >= 11 is 0. The van der Waals surface area contributed by atoms with Crippen LogP contribution in [0.2, 0.25) is 0 Å². The molecule has 1 unspecified atom stereocenters. The van der Waals surface area contributed by atoms with Crippen LogP contribution in [0.5, 0.6) is 0 Å². The second-order valence-electron chi connectivity index (χ2n) is 2.44. The molecule has 0 aliphatic carbocycles. The molecule has 0 aromatic carbocycles. The first-order chi connectivity index (χ1) is 6.23. The highest BCUT2D eigenvalue weighted by molar-refractivity contribution is 6.57. The molecule has 4 N–H and O–H groups in total. The quantitative estimate of drug-likeness (QED) is 0.246. The van der Waals surface area contributed by atoms with E-state index >= 15 is 0 Å². The summed E-state index contributed by atoms with van der Waals surface area (Å²) in [5.74, 6) is -2.41. The maximum atomic E-state index is 10.7. The van der Waals surface area contributed by atoms with Crippen molar-refractivity contribution in [1.29, 1.82) is 0 Å². The molecule has 0 saturated carbocycles. The van der Waals surface area contributed by atoms with Crippen LogP contribution in [0.15, 0.2) is 12.2 Å². The highest BCUT2D eigenvalue weighted by atomic mass is 28.4. The van der Waals surface area contributed by atoms with Gasteiger partial charge in [-0.1, -0.05) is 0 Å². The minimum absolute atomic E-state index is 0.532. The minimum Gasteiger partial charge on any atom is -0.478 e. The molecule has 0 saturated heterocycles. The van der Waals surface area contributed by atoms with Gasteiger partial charge in [-0.2, -0.15) is 0 Å². The molecule has 0 heterocycles. The van der Waals surface area contributed by atoms with Crippen LogP contribution in [-0.2, 0) is 14.3 Å². The van der Waals surface area contributed by atoms with E-state index in [-0.39, 0.29) is 0 Å². The topological polar surface area (TPSA) is 124 Å². The molecule has 0 aliphatic rings. The lowest BCUT2D eigenvalue weighted by molar-refractivity contribution is -0.141. The molecule has 0 aliphatic heterocycles. The Morgan fingerprint density at radius 3 is 2.14 bits per heavy atom. The van der Waals surface area contributed by atoms with Crippen LogP contribution in [0, 0.1) is 0 Å². The van der Waals surface area contributed by atoms with Crippen LogP contribution in [0.3, 0.4) is 0 Å². The normalized spacial score (nSPS) is 14.0. The van der Waals surface area contributed by atoms with Crippen molar-refractivity contribution in [3.8, 4) is 0 Å². The molecular weight excluding hydrogens is 212 g/mol. The standard InChI is InChI=1S/C6H10O7Si/c1-4(14(10,11)12)13-6(9)3-2-5(7)8/h2-4,10-12H,1H3,(H,7,8). The third-order valence-electron chi connectivity index (χ3n) is 1.20. The van der Waals surface area contributed by atoms with Gasteiger partial charge in [0.05, 0.1) is 0 Å². The van der Waals surface area contributed by atoms with Gasteiger partial charge in [-0.05, 0) is 6.92 Å². The number of carbonyl (C=O) groups is 2. The van der Waals surface area contributed by atoms with E-state index in [1.54, 1.807) is 0 Å². The van der Waals surface area contributed by atoms with Crippen LogP contribution in [0.25, 0.3) is 0 Å². The summed E-state index contributed by atoms with van der Waals surface area (Å²) in [5.41, 5.74) is -1.45. The van der Waals surface area contributed by atoms with Crippen LogP contribution in [0.1, 0.15) is 6.92 Å². The molecule has 0 fully saturated rings. The number of rotatable bonds is 4. The van der Waals surface area contributed by atoms with Crippen molar-refractivity contribution >= 4 is 20.7 Å². The van der Waals surface area contributed by atoms with E-state index < -0.39 is 26.5 Å². The van der Waals surface area contributed by atoms with E-state index in [0.29, 0.717) is 12.2 Å². The molecule has 0 aromatic heterocycles. The number of aliphatic carboxylic acids is 1. The maximum absolute atomic E-state index is 10.7. The zero-order valence-electron chi connectivity index (χ0n) is 7.25. The fourth-order valence-corrected chi connectivity index (χ4v) is 0.706. The van der Waals surface area contributed by atoms with Gasteiger partial charge in [0, 0.05) is 12.2 Å². The molecule has 80 valence electrons. The second-order valence-corrected chi connectivity index (χ2v) is 4.63. The molecule has 0 aromatic rings. The van der Waals surface area contributed by atoms with Crippen LogP contribution in [0.4, 0.5) is 0 Å². The van der Waals surface area contributed by atoms with Gasteiger partial charge in [-0.25, -0.2) is 9.59 Å². The molecular formula is C6H10O7Si. The van der Waals surface area contributed by atoms with Crippen molar-refractivity contribution < 1.29 is 33.8 Å². The van der Waals surface area contributed by atoms with Crippen molar-refractivity contribution in [1.82, 2.24) is 0 Å². The Morgan fingerprint density at radius 1 is 1.29 bits per heavy atom. The van der Waals surface area contributed by atoms with Gasteiger partial charge in [-0.15, -0.1) is 0 Å². The lowest BCUT2D eigenvalue weighted by Gasteiger charge is -2.17. The van der Waals surface area contributed by atoms with Gasteiger partial charge in [0.25, 0.3) is 0 Å². The number of hydrogen-bond acceptors (Lipinski definition) is 6. The highest BCUT2D eigenvalue weighted by Gasteiger charge is 2.38. The zero-order chi connectivity index (χ0) is 11.4. The van der Waals surface area contributed by atoms with Crippen molar-refractivity contribution in [2.75, 3.05) is 0 Å². The van der Waals surface area contributed by atoms with Crippen molar-refractivity contribution in [2.24, 2.45) is 0 Å². The Morgan fingerprint density at radius 2 is 1.79 bits per heavy atom. The Balaban J connectivity index is 4.14. The minimum atomic E-state index is -4.50. The number of hydrogen-bond donors (Lipinski definition) is 4. The molecule has 0 amide bonds. The molecule has 0 bridgehead atoms. The molecule has 7 nitrogen and oxygen atoms in total. The van der Waals surface area contributed by atoms with Gasteiger partial charge in [-0.3, -0.25) is 0 Å². The Labute approximate surface area is 80.2 Å².